The first-order valence-electron chi connectivity index (χ1n) is 8.74. The molecular formula is C21H28N4O. The zero-order chi connectivity index (χ0) is 19.3. The van der Waals surface area contributed by atoms with Crippen molar-refractivity contribution in [1.29, 1.82) is 0 Å². The summed E-state index contributed by atoms with van der Waals surface area (Å²) >= 11 is 0. The normalized spacial score (nSPS) is 10.4. The lowest BCUT2D eigenvalue weighted by atomic mass is 10.0. The van der Waals surface area contributed by atoms with Crippen LogP contribution in [0.5, 0.6) is 0 Å². The second-order valence-corrected chi connectivity index (χ2v) is 6.80. The highest BCUT2D eigenvalue weighted by atomic mass is 16.1. The lowest BCUT2D eigenvalue weighted by Gasteiger charge is -2.06. The number of hydrogen-bond donors (Lipinski definition) is 3. The number of aromatic nitrogens is 2. The number of H-pyrrole nitrogens is 1. The van der Waals surface area contributed by atoms with Crippen LogP contribution < -0.4 is 16.8 Å². The van der Waals surface area contributed by atoms with E-state index in [4.69, 9.17) is 5.84 Å². The van der Waals surface area contributed by atoms with E-state index in [-0.39, 0.29) is 5.56 Å². The minimum absolute atomic E-state index is 0.0187. The van der Waals surface area contributed by atoms with Gasteiger partial charge in [0.05, 0.1) is 5.69 Å². The van der Waals surface area contributed by atoms with Crippen molar-refractivity contribution < 1.29 is 0 Å². The molecule has 2 aromatic carbocycles. The SMILES string of the molecule is Cc1cc(=O)n(-c2ccc(C(C)C)cc2)[nH]1.Cc1ccc(NN)cc1C. The summed E-state index contributed by atoms with van der Waals surface area (Å²) in [6, 6.07) is 15.7. The highest BCUT2D eigenvalue weighted by Crippen LogP contribution is 2.15. The number of hydrogen-bond acceptors (Lipinski definition) is 3. The molecule has 0 atom stereocenters. The fourth-order valence-corrected chi connectivity index (χ4v) is 2.54. The summed E-state index contributed by atoms with van der Waals surface area (Å²) in [6.07, 6.45) is 0. The van der Waals surface area contributed by atoms with Gasteiger partial charge in [-0.3, -0.25) is 15.7 Å². The Kier molecular flexibility index (Phi) is 6.41. The largest absolute Gasteiger partial charge is 0.324 e. The number of hydrazine groups is 1. The van der Waals surface area contributed by atoms with Gasteiger partial charge in [-0.1, -0.05) is 32.0 Å². The molecule has 26 heavy (non-hydrogen) atoms. The number of aryl methyl sites for hydroxylation is 3. The summed E-state index contributed by atoms with van der Waals surface area (Å²) in [5.74, 6) is 5.73. The van der Waals surface area contributed by atoms with E-state index in [9.17, 15) is 4.79 Å². The fraction of sp³-hybridized carbons (Fsp3) is 0.286. The van der Waals surface area contributed by atoms with Crippen LogP contribution in [0, 0.1) is 20.8 Å². The van der Waals surface area contributed by atoms with Crippen LogP contribution in [0.4, 0.5) is 5.69 Å². The highest BCUT2D eigenvalue weighted by molar-refractivity contribution is 5.46. The Labute approximate surface area is 154 Å². The Morgan fingerprint density at radius 3 is 2.08 bits per heavy atom. The minimum Gasteiger partial charge on any atom is -0.324 e. The number of nitrogen functional groups attached to an aromatic ring is 1. The Bertz CT molecular complexity index is 905. The lowest BCUT2D eigenvalue weighted by molar-refractivity contribution is 0.827. The fourth-order valence-electron chi connectivity index (χ4n) is 2.54. The highest BCUT2D eigenvalue weighted by Gasteiger charge is 2.03. The molecule has 0 aliphatic carbocycles. The van der Waals surface area contributed by atoms with Crippen LogP contribution in [-0.2, 0) is 0 Å². The van der Waals surface area contributed by atoms with Crippen molar-refractivity contribution >= 4 is 5.69 Å². The van der Waals surface area contributed by atoms with E-state index in [0.29, 0.717) is 5.92 Å². The van der Waals surface area contributed by atoms with Crippen LogP contribution in [0.1, 0.15) is 42.1 Å². The Hall–Kier alpha value is -2.79. The van der Waals surface area contributed by atoms with Gasteiger partial charge in [0.25, 0.3) is 5.56 Å². The number of anilines is 1. The number of benzene rings is 2. The maximum atomic E-state index is 11.6. The molecule has 0 radical (unpaired) electrons. The van der Waals surface area contributed by atoms with Gasteiger partial charge < -0.3 is 5.43 Å². The third kappa shape index (κ3) is 4.86. The molecule has 0 amide bonds. The molecule has 5 nitrogen and oxygen atoms in total. The number of nitrogens with two attached hydrogens (primary N) is 1. The van der Waals surface area contributed by atoms with Gasteiger partial charge in [-0.25, -0.2) is 4.68 Å². The first-order chi connectivity index (χ1) is 12.3. The predicted octanol–water partition coefficient (Wildman–Crippen LogP) is 4.19. The topological polar surface area (TPSA) is 75.8 Å². The molecule has 0 unspecified atom stereocenters. The number of aromatic amines is 1. The number of nitrogens with zero attached hydrogens (tertiary/aromatic N) is 1. The van der Waals surface area contributed by atoms with Crippen molar-refractivity contribution in [2.75, 3.05) is 5.43 Å². The van der Waals surface area contributed by atoms with Crippen LogP contribution in [-0.4, -0.2) is 9.78 Å². The van der Waals surface area contributed by atoms with Crippen LogP contribution >= 0.6 is 0 Å². The standard InChI is InChI=1S/C13H16N2O.C8H12N2/c1-9(2)11-4-6-12(7-5-11)15-13(16)8-10(3)14-15;1-6-3-4-8(10-9)5-7(6)2/h4-9,14H,1-3H3;3-5,10H,9H2,1-2H3. The zero-order valence-corrected chi connectivity index (χ0v) is 16.1. The molecule has 1 heterocycles. The lowest BCUT2D eigenvalue weighted by Crippen LogP contribution is -2.13. The summed E-state index contributed by atoms with van der Waals surface area (Å²) in [4.78, 5) is 11.6. The Balaban J connectivity index is 0.000000209. The van der Waals surface area contributed by atoms with Gasteiger partial charge in [0.1, 0.15) is 0 Å². The Morgan fingerprint density at radius 2 is 1.62 bits per heavy atom. The first kappa shape index (κ1) is 19.5. The molecule has 0 bridgehead atoms. The van der Waals surface area contributed by atoms with Gasteiger partial charge in [-0.2, -0.15) is 0 Å². The van der Waals surface area contributed by atoms with E-state index in [1.807, 2.05) is 37.3 Å². The summed E-state index contributed by atoms with van der Waals surface area (Å²) in [5, 5.41) is 3.01. The second-order valence-electron chi connectivity index (χ2n) is 6.80. The van der Waals surface area contributed by atoms with E-state index in [0.717, 1.165) is 17.1 Å². The molecule has 4 N–H and O–H groups in total. The molecule has 5 heteroatoms. The maximum Gasteiger partial charge on any atom is 0.271 e. The summed E-state index contributed by atoms with van der Waals surface area (Å²) in [6.45, 7) is 10.3. The van der Waals surface area contributed by atoms with Crippen molar-refractivity contribution in [3.8, 4) is 5.69 Å². The van der Waals surface area contributed by atoms with Crippen molar-refractivity contribution in [3.05, 3.63) is 81.3 Å². The molecule has 1 aromatic heterocycles. The summed E-state index contributed by atoms with van der Waals surface area (Å²) in [7, 11) is 0. The molecule has 0 fully saturated rings. The quantitative estimate of drug-likeness (QED) is 0.489. The molecule has 138 valence electrons. The van der Waals surface area contributed by atoms with Gasteiger partial charge in [0.15, 0.2) is 0 Å². The number of nitrogens with one attached hydrogen (secondary N) is 2. The van der Waals surface area contributed by atoms with Gasteiger partial charge in [0, 0.05) is 17.4 Å². The third-order valence-corrected chi connectivity index (χ3v) is 4.34. The van der Waals surface area contributed by atoms with Crippen LogP contribution in [0.3, 0.4) is 0 Å². The summed E-state index contributed by atoms with van der Waals surface area (Å²) < 4.78 is 1.56. The van der Waals surface area contributed by atoms with E-state index in [1.165, 1.54) is 16.7 Å². The van der Waals surface area contributed by atoms with Crippen LogP contribution in [0.2, 0.25) is 0 Å². The maximum absolute atomic E-state index is 11.6. The minimum atomic E-state index is -0.0187. The van der Waals surface area contributed by atoms with E-state index in [2.05, 4.69) is 50.4 Å². The summed E-state index contributed by atoms with van der Waals surface area (Å²) in [5.41, 5.74) is 9.12. The number of rotatable bonds is 3. The van der Waals surface area contributed by atoms with Crippen molar-refractivity contribution in [2.24, 2.45) is 5.84 Å². The third-order valence-electron chi connectivity index (χ3n) is 4.34. The van der Waals surface area contributed by atoms with Gasteiger partial charge in [-0.05, 0) is 67.6 Å². The van der Waals surface area contributed by atoms with E-state index >= 15 is 0 Å². The second kappa shape index (κ2) is 8.54. The van der Waals surface area contributed by atoms with Crippen molar-refractivity contribution in [1.82, 2.24) is 9.78 Å². The Morgan fingerprint density at radius 1 is 0.962 bits per heavy atom. The molecule has 0 saturated heterocycles. The van der Waals surface area contributed by atoms with E-state index in [1.54, 1.807) is 10.7 Å². The molecule has 3 rings (SSSR count). The molecule has 0 aliphatic rings. The molecule has 0 spiro atoms. The molecular weight excluding hydrogens is 324 g/mol. The predicted molar refractivity (Wildman–Crippen MR) is 109 cm³/mol. The van der Waals surface area contributed by atoms with Crippen molar-refractivity contribution in [2.45, 2.75) is 40.5 Å². The van der Waals surface area contributed by atoms with Crippen molar-refractivity contribution in [3.63, 3.8) is 0 Å². The monoisotopic (exact) mass is 352 g/mol. The van der Waals surface area contributed by atoms with E-state index < -0.39 is 0 Å². The molecule has 0 aliphatic heterocycles. The average Bonchev–Trinajstić information content (AvgIpc) is 2.96. The van der Waals surface area contributed by atoms with Crippen LogP contribution in [0.25, 0.3) is 5.69 Å². The smallest absolute Gasteiger partial charge is 0.271 e. The zero-order valence-electron chi connectivity index (χ0n) is 16.1. The molecule has 0 saturated carbocycles. The van der Waals surface area contributed by atoms with Crippen LogP contribution in [0.15, 0.2) is 53.3 Å². The van der Waals surface area contributed by atoms with Gasteiger partial charge in [0.2, 0.25) is 0 Å². The van der Waals surface area contributed by atoms with Gasteiger partial charge in [-0.15, -0.1) is 0 Å². The molecule has 3 aromatic rings. The first-order valence-corrected chi connectivity index (χ1v) is 8.74. The average molecular weight is 352 g/mol. The van der Waals surface area contributed by atoms with Gasteiger partial charge >= 0.3 is 0 Å².